The summed E-state index contributed by atoms with van der Waals surface area (Å²) in [5.41, 5.74) is 1.57. The number of nitrogens with zero attached hydrogens (tertiary/aromatic N) is 4. The van der Waals surface area contributed by atoms with E-state index in [-0.39, 0.29) is 29.4 Å². The van der Waals surface area contributed by atoms with Crippen molar-refractivity contribution in [2.45, 2.75) is 45.8 Å². The fourth-order valence-electron chi connectivity index (χ4n) is 3.62. The number of thiophene rings is 1. The minimum absolute atomic E-state index is 0.0695. The lowest BCUT2D eigenvalue weighted by atomic mass is 9.95. The molecule has 3 heterocycles. The van der Waals surface area contributed by atoms with Crippen molar-refractivity contribution in [3.63, 3.8) is 0 Å². The van der Waals surface area contributed by atoms with Gasteiger partial charge in [0, 0.05) is 16.3 Å². The Bertz CT molecular complexity index is 1230. The summed E-state index contributed by atoms with van der Waals surface area (Å²) in [7, 11) is 0. The van der Waals surface area contributed by atoms with Gasteiger partial charge < -0.3 is 10.0 Å². The van der Waals surface area contributed by atoms with Gasteiger partial charge in [-0.05, 0) is 47.2 Å². The van der Waals surface area contributed by atoms with Crippen LogP contribution in [-0.2, 0) is 12.0 Å². The molecule has 0 amide bonds. The second-order valence-corrected chi connectivity index (χ2v) is 10.3. The number of aliphatic hydroxyl groups is 1. The summed E-state index contributed by atoms with van der Waals surface area (Å²) in [4.78, 5) is 25.2. The Kier molecular flexibility index (Phi) is 6.01. The minimum atomic E-state index is -0.834. The lowest BCUT2D eigenvalue weighted by Crippen LogP contribution is -2.40. The van der Waals surface area contributed by atoms with E-state index >= 15 is 0 Å². The smallest absolute Gasteiger partial charge is 0.352 e. The van der Waals surface area contributed by atoms with E-state index in [1.807, 2.05) is 12.1 Å². The number of rotatable bonds is 4. The summed E-state index contributed by atoms with van der Waals surface area (Å²) in [6.07, 6.45) is 2.49. The molecule has 1 aromatic carbocycles. The molecule has 1 N–H and O–H groups in total. The summed E-state index contributed by atoms with van der Waals surface area (Å²) >= 11 is 1.68. The number of aliphatic hydroxyl groups excluding tert-OH is 1. The Labute approximate surface area is 190 Å². The standard InChI is InChI=1S/C24H27FN4O2S/c1-15-5-6-16(11-19(15)25)18-9-10-28(13-20(18)30)22-26-14-29(23(31)27-22)12-17-7-8-21(32-17)24(2,3)4/h5-9,11,14,20,30H,10,12-13H2,1-4H3/t20-/m0/s1. The van der Waals surface area contributed by atoms with Crippen molar-refractivity contribution in [3.05, 3.63) is 79.9 Å². The van der Waals surface area contributed by atoms with Crippen LogP contribution in [0.3, 0.4) is 0 Å². The van der Waals surface area contributed by atoms with Gasteiger partial charge in [0.25, 0.3) is 0 Å². The van der Waals surface area contributed by atoms with Gasteiger partial charge in [-0.15, -0.1) is 11.3 Å². The Morgan fingerprint density at radius 3 is 2.66 bits per heavy atom. The molecule has 6 nitrogen and oxygen atoms in total. The summed E-state index contributed by atoms with van der Waals surface area (Å²) in [6.45, 7) is 9.26. The fourth-order valence-corrected chi connectivity index (χ4v) is 4.68. The van der Waals surface area contributed by atoms with E-state index in [2.05, 4.69) is 36.8 Å². The molecule has 3 aromatic rings. The van der Waals surface area contributed by atoms with Crippen LogP contribution in [0.2, 0.25) is 0 Å². The zero-order valence-electron chi connectivity index (χ0n) is 18.7. The van der Waals surface area contributed by atoms with Gasteiger partial charge in [-0.1, -0.05) is 39.0 Å². The van der Waals surface area contributed by atoms with Crippen molar-refractivity contribution in [1.82, 2.24) is 14.5 Å². The molecule has 1 atom stereocenters. The molecule has 0 saturated carbocycles. The van der Waals surface area contributed by atoms with Gasteiger partial charge >= 0.3 is 5.69 Å². The molecule has 0 saturated heterocycles. The van der Waals surface area contributed by atoms with Crippen LogP contribution in [0.25, 0.3) is 5.57 Å². The first-order valence-electron chi connectivity index (χ1n) is 10.5. The molecule has 0 aliphatic carbocycles. The van der Waals surface area contributed by atoms with Crippen LogP contribution >= 0.6 is 11.3 Å². The molecule has 2 aromatic heterocycles. The summed E-state index contributed by atoms with van der Waals surface area (Å²) in [5.74, 6) is -0.0254. The number of anilines is 1. The quantitative estimate of drug-likeness (QED) is 0.650. The second-order valence-electron chi connectivity index (χ2n) is 9.13. The van der Waals surface area contributed by atoms with Crippen LogP contribution < -0.4 is 10.6 Å². The Hall–Kier alpha value is -2.84. The molecule has 4 rings (SSSR count). The highest BCUT2D eigenvalue weighted by Gasteiger charge is 2.24. The molecule has 0 radical (unpaired) electrons. The van der Waals surface area contributed by atoms with Gasteiger partial charge in [0.15, 0.2) is 0 Å². The number of benzene rings is 1. The molecule has 0 unspecified atom stereocenters. The average Bonchev–Trinajstić information content (AvgIpc) is 3.21. The zero-order valence-corrected chi connectivity index (χ0v) is 19.5. The van der Waals surface area contributed by atoms with Crippen molar-refractivity contribution in [1.29, 1.82) is 0 Å². The predicted molar refractivity (Wildman–Crippen MR) is 126 cm³/mol. The van der Waals surface area contributed by atoms with Crippen LogP contribution in [0.15, 0.2) is 47.5 Å². The molecular formula is C24H27FN4O2S. The molecular weight excluding hydrogens is 427 g/mol. The van der Waals surface area contributed by atoms with Crippen molar-refractivity contribution in [2.24, 2.45) is 0 Å². The van der Waals surface area contributed by atoms with E-state index in [1.165, 1.54) is 21.8 Å². The zero-order chi connectivity index (χ0) is 23.0. The lowest BCUT2D eigenvalue weighted by Gasteiger charge is -2.30. The van der Waals surface area contributed by atoms with Crippen molar-refractivity contribution < 1.29 is 9.50 Å². The fraction of sp³-hybridized carbons (Fsp3) is 0.375. The van der Waals surface area contributed by atoms with Crippen LogP contribution in [0.4, 0.5) is 10.3 Å². The summed E-state index contributed by atoms with van der Waals surface area (Å²) in [6, 6.07) is 9.07. The maximum absolute atomic E-state index is 13.9. The van der Waals surface area contributed by atoms with E-state index in [4.69, 9.17) is 0 Å². The predicted octanol–water partition coefficient (Wildman–Crippen LogP) is 3.76. The SMILES string of the molecule is Cc1ccc(C2=CCN(c3ncn(Cc4ccc(C(C)(C)C)s4)c(=O)n3)C[C@@H]2O)cc1F. The van der Waals surface area contributed by atoms with E-state index in [9.17, 15) is 14.3 Å². The molecule has 0 bridgehead atoms. The largest absolute Gasteiger partial charge is 0.387 e. The molecule has 8 heteroatoms. The first-order chi connectivity index (χ1) is 15.1. The third-order valence-electron chi connectivity index (χ3n) is 5.55. The topological polar surface area (TPSA) is 71.2 Å². The first-order valence-corrected chi connectivity index (χ1v) is 11.4. The highest BCUT2D eigenvalue weighted by molar-refractivity contribution is 7.12. The van der Waals surface area contributed by atoms with Gasteiger partial charge in [0.2, 0.25) is 5.95 Å². The van der Waals surface area contributed by atoms with Crippen LogP contribution in [0.5, 0.6) is 0 Å². The Morgan fingerprint density at radius 1 is 1.25 bits per heavy atom. The second kappa shape index (κ2) is 8.60. The van der Waals surface area contributed by atoms with Gasteiger partial charge in [0.1, 0.15) is 12.1 Å². The third kappa shape index (κ3) is 4.66. The first kappa shape index (κ1) is 22.4. The monoisotopic (exact) mass is 454 g/mol. The number of hydrogen-bond donors (Lipinski definition) is 1. The average molecular weight is 455 g/mol. The van der Waals surface area contributed by atoms with Crippen molar-refractivity contribution in [2.75, 3.05) is 18.0 Å². The normalized spacial score (nSPS) is 16.9. The van der Waals surface area contributed by atoms with Crippen LogP contribution in [-0.4, -0.2) is 38.8 Å². The van der Waals surface area contributed by atoms with Gasteiger partial charge in [0.05, 0.1) is 19.2 Å². The highest BCUT2D eigenvalue weighted by atomic mass is 32.1. The highest BCUT2D eigenvalue weighted by Crippen LogP contribution is 2.30. The minimum Gasteiger partial charge on any atom is -0.387 e. The van der Waals surface area contributed by atoms with E-state index in [0.29, 0.717) is 29.8 Å². The summed E-state index contributed by atoms with van der Waals surface area (Å²) in [5, 5.41) is 10.6. The number of hydrogen-bond acceptors (Lipinski definition) is 6. The maximum atomic E-state index is 13.9. The van der Waals surface area contributed by atoms with Crippen molar-refractivity contribution in [3.8, 4) is 0 Å². The number of β-amino-alcohol motifs (C(OH)–C–C–N with tert-alkyl or cyclic N) is 1. The molecule has 1 aliphatic heterocycles. The molecule has 1 aliphatic rings. The van der Waals surface area contributed by atoms with Crippen molar-refractivity contribution >= 4 is 22.9 Å². The number of halogens is 1. The number of aromatic nitrogens is 3. The van der Waals surface area contributed by atoms with Crippen LogP contribution in [0.1, 0.15) is 41.7 Å². The van der Waals surface area contributed by atoms with Gasteiger partial charge in [-0.25, -0.2) is 14.2 Å². The molecule has 32 heavy (non-hydrogen) atoms. The molecule has 0 spiro atoms. The van der Waals surface area contributed by atoms with E-state index in [0.717, 1.165) is 4.88 Å². The molecule has 168 valence electrons. The summed E-state index contributed by atoms with van der Waals surface area (Å²) < 4.78 is 15.4. The maximum Gasteiger partial charge on any atom is 0.352 e. The van der Waals surface area contributed by atoms with Crippen LogP contribution in [0, 0.1) is 12.7 Å². The number of aryl methyl sites for hydroxylation is 1. The Balaban J connectivity index is 1.50. The lowest BCUT2D eigenvalue weighted by molar-refractivity contribution is 0.233. The van der Waals surface area contributed by atoms with E-state index < -0.39 is 6.10 Å². The molecule has 0 fully saturated rings. The third-order valence-corrected chi connectivity index (χ3v) is 7.05. The van der Waals surface area contributed by atoms with Gasteiger partial charge in [-0.2, -0.15) is 4.98 Å². The van der Waals surface area contributed by atoms with E-state index in [1.54, 1.807) is 35.3 Å². The Morgan fingerprint density at radius 2 is 2.03 bits per heavy atom. The van der Waals surface area contributed by atoms with Gasteiger partial charge in [-0.3, -0.25) is 4.57 Å².